The van der Waals surface area contributed by atoms with E-state index in [0.717, 1.165) is 64.2 Å². The van der Waals surface area contributed by atoms with E-state index in [1.165, 1.54) is 0 Å². The molecule has 2 amide bonds. The fourth-order valence-electron chi connectivity index (χ4n) is 3.37. The lowest BCUT2D eigenvalue weighted by Gasteiger charge is -2.36. The van der Waals surface area contributed by atoms with E-state index >= 15 is 0 Å². The van der Waals surface area contributed by atoms with E-state index < -0.39 is 0 Å². The summed E-state index contributed by atoms with van der Waals surface area (Å²) in [4.78, 5) is 28.6. The van der Waals surface area contributed by atoms with E-state index in [1.807, 2.05) is 16.7 Å². The molecule has 2 aliphatic heterocycles. The van der Waals surface area contributed by atoms with Gasteiger partial charge in [0, 0.05) is 44.6 Å². The lowest BCUT2D eigenvalue weighted by Crippen LogP contribution is -2.46. The summed E-state index contributed by atoms with van der Waals surface area (Å²) < 4.78 is 0. The van der Waals surface area contributed by atoms with Crippen LogP contribution in [0, 0.1) is 11.8 Å². The first kappa shape index (κ1) is 20.2. The molecule has 2 rings (SSSR count). The van der Waals surface area contributed by atoms with Gasteiger partial charge in [-0.2, -0.15) is 0 Å². The van der Waals surface area contributed by atoms with Crippen molar-refractivity contribution in [1.29, 1.82) is 0 Å². The van der Waals surface area contributed by atoms with Gasteiger partial charge in [-0.15, -0.1) is 12.4 Å². The number of nitrogens with two attached hydrogens (primary N) is 1. The minimum atomic E-state index is 0. The molecule has 0 aliphatic carbocycles. The van der Waals surface area contributed by atoms with Gasteiger partial charge in [0.2, 0.25) is 11.8 Å². The van der Waals surface area contributed by atoms with Gasteiger partial charge in [-0.3, -0.25) is 9.59 Å². The summed E-state index contributed by atoms with van der Waals surface area (Å²) in [6, 6.07) is 0.0737. The monoisotopic (exact) mass is 345 g/mol. The number of piperidine rings is 2. The molecule has 1 unspecified atom stereocenters. The summed E-state index contributed by atoms with van der Waals surface area (Å²) in [5, 5.41) is 0. The predicted octanol–water partition coefficient (Wildman–Crippen LogP) is 2.03. The second-order valence-electron chi connectivity index (χ2n) is 7.18. The van der Waals surface area contributed by atoms with Crippen LogP contribution in [0.15, 0.2) is 0 Å². The Morgan fingerprint density at radius 3 is 2.09 bits per heavy atom. The van der Waals surface area contributed by atoms with Crippen LogP contribution in [0.25, 0.3) is 0 Å². The van der Waals surface area contributed by atoms with Crippen molar-refractivity contribution in [2.45, 2.75) is 58.4 Å². The molecule has 6 heteroatoms. The van der Waals surface area contributed by atoms with E-state index in [1.54, 1.807) is 0 Å². The zero-order chi connectivity index (χ0) is 16.1. The Morgan fingerprint density at radius 1 is 1.04 bits per heavy atom. The Balaban J connectivity index is 0.00000264. The fraction of sp³-hybridized carbons (Fsp3) is 0.882. The molecule has 1 atom stereocenters. The lowest BCUT2D eigenvalue weighted by molar-refractivity contribution is -0.141. The van der Waals surface area contributed by atoms with Gasteiger partial charge in [0.25, 0.3) is 0 Å². The topological polar surface area (TPSA) is 66.6 Å². The van der Waals surface area contributed by atoms with E-state index in [2.05, 4.69) is 6.92 Å². The van der Waals surface area contributed by atoms with Crippen LogP contribution in [-0.4, -0.2) is 53.8 Å². The van der Waals surface area contributed by atoms with Crippen LogP contribution in [-0.2, 0) is 9.59 Å². The number of carbonyl (C=O) groups excluding carboxylic acids is 2. The van der Waals surface area contributed by atoms with Crippen molar-refractivity contribution in [3.8, 4) is 0 Å². The zero-order valence-electron chi connectivity index (χ0n) is 14.5. The second-order valence-corrected chi connectivity index (χ2v) is 7.18. The van der Waals surface area contributed by atoms with Crippen molar-refractivity contribution >= 4 is 24.2 Å². The maximum Gasteiger partial charge on any atom is 0.225 e. The van der Waals surface area contributed by atoms with Crippen molar-refractivity contribution in [1.82, 2.24) is 9.80 Å². The molecular weight excluding hydrogens is 314 g/mol. The maximum absolute atomic E-state index is 12.6. The van der Waals surface area contributed by atoms with Gasteiger partial charge in [-0.1, -0.05) is 6.92 Å². The van der Waals surface area contributed by atoms with Gasteiger partial charge in [0.05, 0.1) is 0 Å². The zero-order valence-corrected chi connectivity index (χ0v) is 15.3. The SMILES string of the molecule is CC(N)CCC(=O)N1CCC(C(=O)N2CCC(C)CC2)CC1.Cl. The number of halogens is 1. The molecule has 134 valence electrons. The Kier molecular flexibility index (Phi) is 8.34. The Hall–Kier alpha value is -0.810. The number of nitrogens with zero attached hydrogens (tertiary/aromatic N) is 2. The molecule has 0 radical (unpaired) electrons. The van der Waals surface area contributed by atoms with Crippen LogP contribution < -0.4 is 5.73 Å². The van der Waals surface area contributed by atoms with Gasteiger partial charge < -0.3 is 15.5 Å². The van der Waals surface area contributed by atoms with Gasteiger partial charge in [-0.05, 0) is 44.9 Å². The predicted molar refractivity (Wildman–Crippen MR) is 94.4 cm³/mol. The first-order valence-corrected chi connectivity index (χ1v) is 8.79. The third kappa shape index (κ3) is 5.96. The molecule has 0 spiro atoms. The number of rotatable bonds is 4. The van der Waals surface area contributed by atoms with Gasteiger partial charge in [0.15, 0.2) is 0 Å². The Labute approximate surface area is 146 Å². The van der Waals surface area contributed by atoms with Crippen LogP contribution in [0.3, 0.4) is 0 Å². The molecule has 0 saturated carbocycles. The van der Waals surface area contributed by atoms with Crippen molar-refractivity contribution in [2.75, 3.05) is 26.2 Å². The molecule has 2 saturated heterocycles. The van der Waals surface area contributed by atoms with Crippen molar-refractivity contribution in [3.05, 3.63) is 0 Å². The molecule has 2 heterocycles. The van der Waals surface area contributed by atoms with E-state index in [9.17, 15) is 9.59 Å². The van der Waals surface area contributed by atoms with Crippen LogP contribution in [0.2, 0.25) is 0 Å². The first-order chi connectivity index (χ1) is 10.5. The van der Waals surface area contributed by atoms with Gasteiger partial charge >= 0.3 is 0 Å². The molecule has 0 aromatic heterocycles. The third-order valence-corrected chi connectivity index (χ3v) is 5.11. The average Bonchev–Trinajstić information content (AvgIpc) is 2.53. The molecule has 2 fully saturated rings. The van der Waals surface area contributed by atoms with Crippen LogP contribution in [0.1, 0.15) is 52.4 Å². The summed E-state index contributed by atoms with van der Waals surface area (Å²) in [6.07, 6.45) is 5.15. The van der Waals surface area contributed by atoms with Crippen LogP contribution in [0.4, 0.5) is 0 Å². The molecule has 23 heavy (non-hydrogen) atoms. The highest BCUT2D eigenvalue weighted by Crippen LogP contribution is 2.24. The minimum Gasteiger partial charge on any atom is -0.343 e. The third-order valence-electron chi connectivity index (χ3n) is 5.11. The van der Waals surface area contributed by atoms with Crippen molar-refractivity contribution < 1.29 is 9.59 Å². The molecule has 2 aliphatic rings. The molecule has 0 bridgehead atoms. The van der Waals surface area contributed by atoms with E-state index in [-0.39, 0.29) is 30.3 Å². The summed E-state index contributed by atoms with van der Waals surface area (Å²) in [5.41, 5.74) is 5.70. The van der Waals surface area contributed by atoms with Gasteiger partial charge in [-0.25, -0.2) is 0 Å². The van der Waals surface area contributed by atoms with Crippen molar-refractivity contribution in [2.24, 2.45) is 17.6 Å². The summed E-state index contributed by atoms with van der Waals surface area (Å²) in [5.74, 6) is 1.36. The number of hydrogen-bond donors (Lipinski definition) is 1. The highest BCUT2D eigenvalue weighted by molar-refractivity contribution is 5.85. The van der Waals surface area contributed by atoms with E-state index in [4.69, 9.17) is 5.73 Å². The molecule has 0 aromatic rings. The second kappa shape index (κ2) is 9.48. The summed E-state index contributed by atoms with van der Waals surface area (Å²) in [7, 11) is 0. The normalized spacial score (nSPS) is 21.7. The summed E-state index contributed by atoms with van der Waals surface area (Å²) >= 11 is 0. The highest BCUT2D eigenvalue weighted by Gasteiger charge is 2.31. The molecule has 2 N–H and O–H groups in total. The minimum absolute atomic E-state index is 0. The lowest BCUT2D eigenvalue weighted by atomic mass is 9.92. The molecular formula is C17H32ClN3O2. The Bertz CT molecular complexity index is 387. The number of amides is 2. The largest absolute Gasteiger partial charge is 0.343 e. The van der Waals surface area contributed by atoms with E-state index in [0.29, 0.717) is 12.3 Å². The molecule has 0 aromatic carbocycles. The quantitative estimate of drug-likeness (QED) is 0.847. The number of carbonyl (C=O) groups is 2. The fourth-order valence-corrected chi connectivity index (χ4v) is 3.37. The number of likely N-dealkylation sites (tertiary alicyclic amines) is 2. The highest BCUT2D eigenvalue weighted by atomic mass is 35.5. The average molecular weight is 346 g/mol. The maximum atomic E-state index is 12.6. The van der Waals surface area contributed by atoms with Crippen LogP contribution in [0.5, 0.6) is 0 Å². The molecule has 5 nitrogen and oxygen atoms in total. The standard InChI is InChI=1S/C17H31N3O2.ClH/c1-13-5-9-20(10-6-13)17(22)15-7-11-19(12-8-15)16(21)4-3-14(2)18;/h13-15H,3-12,18H2,1-2H3;1H. The van der Waals surface area contributed by atoms with Crippen LogP contribution >= 0.6 is 12.4 Å². The first-order valence-electron chi connectivity index (χ1n) is 8.79. The van der Waals surface area contributed by atoms with Crippen molar-refractivity contribution in [3.63, 3.8) is 0 Å². The van der Waals surface area contributed by atoms with Gasteiger partial charge in [0.1, 0.15) is 0 Å². The summed E-state index contributed by atoms with van der Waals surface area (Å²) in [6.45, 7) is 7.45. The Morgan fingerprint density at radius 2 is 1.57 bits per heavy atom. The smallest absolute Gasteiger partial charge is 0.225 e. The number of hydrogen-bond acceptors (Lipinski definition) is 3.